The van der Waals surface area contributed by atoms with E-state index in [0.29, 0.717) is 18.6 Å². The molecule has 1 aromatic heterocycles. The van der Waals surface area contributed by atoms with E-state index >= 15 is 0 Å². The van der Waals surface area contributed by atoms with Crippen LogP contribution in [0.5, 0.6) is 0 Å². The second-order valence-corrected chi connectivity index (χ2v) is 6.26. The third kappa shape index (κ3) is 3.83. The van der Waals surface area contributed by atoms with Gasteiger partial charge in [-0.05, 0) is 31.7 Å². The molecule has 2 unspecified atom stereocenters. The molecule has 0 aliphatic heterocycles. The lowest BCUT2D eigenvalue weighted by atomic mass is 9.96. The quantitative estimate of drug-likeness (QED) is 0.835. The first-order valence-electron chi connectivity index (χ1n) is 8.03. The van der Waals surface area contributed by atoms with Crippen molar-refractivity contribution in [3.05, 3.63) is 18.0 Å². The van der Waals surface area contributed by atoms with E-state index in [1.165, 1.54) is 25.7 Å². The average molecular weight is 279 g/mol. The first kappa shape index (κ1) is 15.5. The number of rotatable bonds is 7. The van der Waals surface area contributed by atoms with Gasteiger partial charge in [0.1, 0.15) is 0 Å². The Morgan fingerprint density at radius 2 is 2.10 bits per heavy atom. The van der Waals surface area contributed by atoms with Crippen LogP contribution in [0, 0.1) is 5.92 Å². The molecule has 1 saturated carbocycles. The highest BCUT2D eigenvalue weighted by Gasteiger charge is 2.23. The molecule has 1 heterocycles. The fraction of sp³-hybridized carbons (Fsp3) is 0.812. The van der Waals surface area contributed by atoms with E-state index in [2.05, 4.69) is 30.8 Å². The fourth-order valence-corrected chi connectivity index (χ4v) is 3.22. The zero-order valence-corrected chi connectivity index (χ0v) is 13.1. The highest BCUT2D eigenvalue weighted by molar-refractivity contribution is 5.03. The standard InChI is InChI=1S/C16H29N3O/c1-4-20-16(12(2)3)15(17)11-13-9-10-19(18-13)14-7-5-6-8-14/h9-10,12,14-16H,4-8,11,17H2,1-3H3. The van der Waals surface area contributed by atoms with Gasteiger partial charge in [0.2, 0.25) is 0 Å². The van der Waals surface area contributed by atoms with Gasteiger partial charge in [0.05, 0.1) is 17.8 Å². The second-order valence-electron chi connectivity index (χ2n) is 6.26. The van der Waals surface area contributed by atoms with Gasteiger partial charge < -0.3 is 10.5 Å². The summed E-state index contributed by atoms with van der Waals surface area (Å²) in [5, 5.41) is 4.72. The maximum Gasteiger partial charge on any atom is 0.0752 e. The highest BCUT2D eigenvalue weighted by Crippen LogP contribution is 2.28. The molecule has 20 heavy (non-hydrogen) atoms. The van der Waals surface area contributed by atoms with Gasteiger partial charge in [-0.3, -0.25) is 4.68 Å². The Morgan fingerprint density at radius 1 is 1.40 bits per heavy atom. The van der Waals surface area contributed by atoms with Crippen molar-refractivity contribution in [2.24, 2.45) is 11.7 Å². The molecule has 114 valence electrons. The van der Waals surface area contributed by atoms with Crippen LogP contribution in [-0.2, 0) is 11.2 Å². The molecule has 2 N–H and O–H groups in total. The number of nitrogens with two attached hydrogens (primary N) is 1. The Bertz CT molecular complexity index is 396. The highest BCUT2D eigenvalue weighted by atomic mass is 16.5. The lowest BCUT2D eigenvalue weighted by Gasteiger charge is -2.26. The summed E-state index contributed by atoms with van der Waals surface area (Å²) in [6, 6.07) is 2.73. The summed E-state index contributed by atoms with van der Waals surface area (Å²) in [6.45, 7) is 7.07. The lowest BCUT2D eigenvalue weighted by molar-refractivity contribution is 0.0125. The van der Waals surface area contributed by atoms with E-state index in [-0.39, 0.29) is 12.1 Å². The summed E-state index contributed by atoms with van der Waals surface area (Å²) in [7, 11) is 0. The van der Waals surface area contributed by atoms with Crippen LogP contribution in [-0.4, -0.2) is 28.5 Å². The predicted octanol–water partition coefficient (Wildman–Crippen LogP) is 2.93. The SMILES string of the molecule is CCOC(C(C)C)C(N)Cc1ccn(C2CCCC2)n1. The summed E-state index contributed by atoms with van der Waals surface area (Å²) >= 11 is 0. The molecule has 2 atom stereocenters. The van der Waals surface area contributed by atoms with Crippen LogP contribution < -0.4 is 5.73 Å². The summed E-state index contributed by atoms with van der Waals surface area (Å²) < 4.78 is 7.92. The topological polar surface area (TPSA) is 53.1 Å². The summed E-state index contributed by atoms with van der Waals surface area (Å²) in [5.41, 5.74) is 7.42. The maximum atomic E-state index is 6.33. The van der Waals surface area contributed by atoms with Crippen LogP contribution in [0.4, 0.5) is 0 Å². The first-order chi connectivity index (χ1) is 9.61. The summed E-state index contributed by atoms with van der Waals surface area (Å²) in [6.07, 6.45) is 8.21. The van der Waals surface area contributed by atoms with Crippen molar-refractivity contribution >= 4 is 0 Å². The minimum atomic E-state index is 0.0156. The molecule has 0 amide bonds. The Labute approximate surface area is 122 Å². The molecule has 0 saturated heterocycles. The number of hydrogen-bond donors (Lipinski definition) is 1. The van der Waals surface area contributed by atoms with Crippen molar-refractivity contribution in [3.63, 3.8) is 0 Å². The molecule has 4 nitrogen and oxygen atoms in total. The lowest BCUT2D eigenvalue weighted by Crippen LogP contribution is -2.42. The summed E-state index contributed by atoms with van der Waals surface area (Å²) in [4.78, 5) is 0. The van der Waals surface area contributed by atoms with Crippen molar-refractivity contribution in [1.82, 2.24) is 9.78 Å². The van der Waals surface area contributed by atoms with Gasteiger partial charge in [-0.2, -0.15) is 5.10 Å². The van der Waals surface area contributed by atoms with E-state index in [0.717, 1.165) is 12.1 Å². The third-order valence-corrected chi connectivity index (χ3v) is 4.25. The van der Waals surface area contributed by atoms with Gasteiger partial charge in [-0.15, -0.1) is 0 Å². The minimum Gasteiger partial charge on any atom is -0.377 e. The molecule has 0 spiro atoms. The molecule has 1 aromatic rings. The van der Waals surface area contributed by atoms with Gasteiger partial charge in [0.25, 0.3) is 0 Å². The zero-order valence-electron chi connectivity index (χ0n) is 13.1. The van der Waals surface area contributed by atoms with Crippen molar-refractivity contribution in [3.8, 4) is 0 Å². The molecule has 0 radical (unpaired) electrons. The molecule has 1 fully saturated rings. The van der Waals surface area contributed by atoms with Gasteiger partial charge in [-0.25, -0.2) is 0 Å². The van der Waals surface area contributed by atoms with Crippen molar-refractivity contribution in [2.45, 2.75) is 71.1 Å². The molecule has 1 aliphatic carbocycles. The molecular formula is C16H29N3O. The van der Waals surface area contributed by atoms with Gasteiger partial charge in [0, 0.05) is 25.3 Å². The molecular weight excluding hydrogens is 250 g/mol. The maximum absolute atomic E-state index is 6.33. The van der Waals surface area contributed by atoms with E-state index in [9.17, 15) is 0 Å². The Kier molecular flexibility index (Phi) is 5.61. The molecule has 0 bridgehead atoms. The third-order valence-electron chi connectivity index (χ3n) is 4.25. The van der Waals surface area contributed by atoms with Crippen LogP contribution in [0.3, 0.4) is 0 Å². The molecule has 2 rings (SSSR count). The summed E-state index contributed by atoms with van der Waals surface area (Å²) in [5.74, 6) is 0.432. The number of nitrogens with zero attached hydrogens (tertiary/aromatic N) is 2. The largest absolute Gasteiger partial charge is 0.377 e. The number of aromatic nitrogens is 2. The van der Waals surface area contributed by atoms with E-state index in [1.807, 2.05) is 6.92 Å². The van der Waals surface area contributed by atoms with Crippen LogP contribution in [0.1, 0.15) is 58.2 Å². The van der Waals surface area contributed by atoms with Crippen molar-refractivity contribution in [1.29, 1.82) is 0 Å². The fourth-order valence-electron chi connectivity index (χ4n) is 3.22. The van der Waals surface area contributed by atoms with E-state index in [4.69, 9.17) is 15.6 Å². The van der Waals surface area contributed by atoms with Gasteiger partial charge in [0.15, 0.2) is 0 Å². The predicted molar refractivity (Wildman–Crippen MR) is 81.7 cm³/mol. The Morgan fingerprint density at radius 3 is 2.70 bits per heavy atom. The first-order valence-corrected chi connectivity index (χ1v) is 8.03. The minimum absolute atomic E-state index is 0.0156. The van der Waals surface area contributed by atoms with Crippen LogP contribution in [0.25, 0.3) is 0 Å². The Hall–Kier alpha value is -0.870. The van der Waals surface area contributed by atoms with Crippen LogP contribution in [0.15, 0.2) is 12.3 Å². The molecule has 4 heteroatoms. The van der Waals surface area contributed by atoms with Crippen molar-refractivity contribution < 1.29 is 4.74 Å². The Balaban J connectivity index is 1.94. The normalized spacial score (nSPS) is 19.6. The van der Waals surface area contributed by atoms with E-state index in [1.54, 1.807) is 0 Å². The zero-order chi connectivity index (χ0) is 14.5. The number of ether oxygens (including phenoxy) is 1. The smallest absolute Gasteiger partial charge is 0.0752 e. The van der Waals surface area contributed by atoms with Crippen molar-refractivity contribution in [2.75, 3.05) is 6.61 Å². The molecule has 1 aliphatic rings. The number of hydrogen-bond acceptors (Lipinski definition) is 3. The van der Waals surface area contributed by atoms with Gasteiger partial charge >= 0.3 is 0 Å². The average Bonchev–Trinajstić information content (AvgIpc) is 3.05. The monoisotopic (exact) mass is 279 g/mol. The second kappa shape index (κ2) is 7.23. The van der Waals surface area contributed by atoms with Crippen LogP contribution >= 0.6 is 0 Å². The van der Waals surface area contributed by atoms with E-state index < -0.39 is 0 Å². The molecule has 0 aromatic carbocycles. The van der Waals surface area contributed by atoms with Crippen LogP contribution in [0.2, 0.25) is 0 Å². The van der Waals surface area contributed by atoms with Gasteiger partial charge in [-0.1, -0.05) is 26.7 Å².